The highest BCUT2D eigenvalue weighted by Gasteiger charge is 2.22. The van der Waals surface area contributed by atoms with Crippen LogP contribution in [-0.2, 0) is 0 Å². The predicted octanol–water partition coefficient (Wildman–Crippen LogP) is 3.21. The van der Waals surface area contributed by atoms with Gasteiger partial charge in [0, 0.05) is 28.6 Å². The lowest BCUT2D eigenvalue weighted by Gasteiger charge is -2.08. The molecule has 2 aromatic rings. The predicted molar refractivity (Wildman–Crippen MR) is 67.9 cm³/mol. The van der Waals surface area contributed by atoms with E-state index in [4.69, 9.17) is 0 Å². The Labute approximate surface area is 103 Å². The van der Waals surface area contributed by atoms with Gasteiger partial charge in [-0.3, -0.25) is 4.57 Å². The Kier molecular flexibility index (Phi) is 2.44. The fraction of sp³-hybridized carbons (Fsp3) is 0.250. The van der Waals surface area contributed by atoms with Gasteiger partial charge in [-0.1, -0.05) is 15.9 Å². The van der Waals surface area contributed by atoms with Crippen molar-refractivity contribution in [2.45, 2.75) is 18.9 Å². The third-order valence-electron chi connectivity index (χ3n) is 2.66. The molecule has 1 fully saturated rings. The smallest absolute Gasteiger partial charge is 0.207 e. The van der Waals surface area contributed by atoms with Crippen molar-refractivity contribution >= 4 is 21.9 Å². The van der Waals surface area contributed by atoms with Crippen LogP contribution in [0.15, 0.2) is 41.1 Å². The Balaban J connectivity index is 1.92. The SMILES string of the molecule is Brc1ccc(-n2ccnc2NC2CC2)cc1. The summed E-state index contributed by atoms with van der Waals surface area (Å²) in [6.45, 7) is 0. The molecular formula is C12H12BrN3. The number of rotatable bonds is 3. The molecule has 0 saturated heterocycles. The fourth-order valence-corrected chi connectivity index (χ4v) is 1.89. The van der Waals surface area contributed by atoms with Crippen molar-refractivity contribution in [1.29, 1.82) is 0 Å². The molecule has 1 aliphatic carbocycles. The van der Waals surface area contributed by atoms with E-state index in [0.717, 1.165) is 16.1 Å². The van der Waals surface area contributed by atoms with Gasteiger partial charge >= 0.3 is 0 Å². The molecule has 0 aliphatic heterocycles. The normalized spacial score (nSPS) is 15.1. The van der Waals surface area contributed by atoms with Gasteiger partial charge in [0.2, 0.25) is 5.95 Å². The molecule has 4 heteroatoms. The summed E-state index contributed by atoms with van der Waals surface area (Å²) in [6, 6.07) is 8.84. The maximum Gasteiger partial charge on any atom is 0.207 e. The highest BCUT2D eigenvalue weighted by molar-refractivity contribution is 9.10. The van der Waals surface area contributed by atoms with Gasteiger partial charge in [0.05, 0.1) is 0 Å². The molecule has 0 unspecified atom stereocenters. The average molecular weight is 278 g/mol. The van der Waals surface area contributed by atoms with Crippen molar-refractivity contribution in [1.82, 2.24) is 9.55 Å². The van der Waals surface area contributed by atoms with Crippen molar-refractivity contribution in [3.05, 3.63) is 41.1 Å². The summed E-state index contributed by atoms with van der Waals surface area (Å²) in [6.07, 6.45) is 6.32. The van der Waals surface area contributed by atoms with E-state index in [1.54, 1.807) is 0 Å². The molecule has 0 bridgehead atoms. The van der Waals surface area contributed by atoms with Crippen LogP contribution in [0.3, 0.4) is 0 Å². The summed E-state index contributed by atoms with van der Waals surface area (Å²) >= 11 is 3.44. The van der Waals surface area contributed by atoms with Crippen LogP contribution in [0.25, 0.3) is 5.69 Å². The number of halogens is 1. The minimum absolute atomic E-state index is 0.622. The molecule has 0 spiro atoms. The topological polar surface area (TPSA) is 29.9 Å². The summed E-state index contributed by atoms with van der Waals surface area (Å²) in [5, 5.41) is 3.42. The Morgan fingerprint density at radius 3 is 2.69 bits per heavy atom. The number of nitrogens with one attached hydrogen (secondary N) is 1. The zero-order valence-corrected chi connectivity index (χ0v) is 10.3. The van der Waals surface area contributed by atoms with E-state index in [1.165, 1.54) is 12.8 Å². The van der Waals surface area contributed by atoms with Gasteiger partial charge in [-0.25, -0.2) is 4.98 Å². The molecule has 1 aromatic carbocycles. The van der Waals surface area contributed by atoms with Crippen LogP contribution >= 0.6 is 15.9 Å². The van der Waals surface area contributed by atoms with Crippen LogP contribution in [0, 0.1) is 0 Å². The Hall–Kier alpha value is -1.29. The van der Waals surface area contributed by atoms with Gasteiger partial charge in [0.1, 0.15) is 0 Å². The highest BCUT2D eigenvalue weighted by Crippen LogP contribution is 2.25. The van der Waals surface area contributed by atoms with E-state index in [0.29, 0.717) is 6.04 Å². The first kappa shape index (κ1) is 9.90. The summed E-state index contributed by atoms with van der Waals surface area (Å²) in [5.41, 5.74) is 1.13. The van der Waals surface area contributed by atoms with Crippen LogP contribution in [0.1, 0.15) is 12.8 Å². The van der Waals surface area contributed by atoms with Crippen molar-refractivity contribution in [2.75, 3.05) is 5.32 Å². The molecular weight excluding hydrogens is 266 g/mol. The monoisotopic (exact) mass is 277 g/mol. The maximum absolute atomic E-state index is 4.34. The lowest BCUT2D eigenvalue weighted by molar-refractivity contribution is 1.00. The van der Waals surface area contributed by atoms with Gasteiger partial charge in [-0.15, -0.1) is 0 Å². The van der Waals surface area contributed by atoms with Crippen molar-refractivity contribution in [2.24, 2.45) is 0 Å². The van der Waals surface area contributed by atoms with E-state index in [-0.39, 0.29) is 0 Å². The summed E-state index contributed by atoms with van der Waals surface area (Å²) < 4.78 is 3.16. The lowest BCUT2D eigenvalue weighted by atomic mass is 10.3. The molecule has 3 rings (SSSR count). The fourth-order valence-electron chi connectivity index (χ4n) is 1.63. The molecule has 1 N–H and O–H groups in total. The number of benzene rings is 1. The van der Waals surface area contributed by atoms with Crippen LogP contribution in [-0.4, -0.2) is 15.6 Å². The molecule has 1 aliphatic rings. The number of imidazole rings is 1. The van der Waals surface area contributed by atoms with Crippen molar-refractivity contribution in [3.63, 3.8) is 0 Å². The van der Waals surface area contributed by atoms with Gasteiger partial charge in [-0.05, 0) is 37.1 Å². The second kappa shape index (κ2) is 3.94. The third kappa shape index (κ3) is 1.97. The Bertz CT molecular complexity index is 485. The van der Waals surface area contributed by atoms with Crippen LogP contribution in [0.2, 0.25) is 0 Å². The van der Waals surface area contributed by atoms with Crippen LogP contribution in [0.4, 0.5) is 5.95 Å². The third-order valence-corrected chi connectivity index (χ3v) is 3.18. The molecule has 1 saturated carbocycles. The minimum atomic E-state index is 0.622. The molecule has 3 nitrogen and oxygen atoms in total. The Morgan fingerprint density at radius 2 is 2.00 bits per heavy atom. The van der Waals surface area contributed by atoms with Crippen LogP contribution < -0.4 is 5.32 Å². The summed E-state index contributed by atoms with van der Waals surface area (Å²) in [7, 11) is 0. The largest absolute Gasteiger partial charge is 0.353 e. The number of aromatic nitrogens is 2. The van der Waals surface area contributed by atoms with E-state index in [2.05, 4.69) is 42.9 Å². The zero-order valence-electron chi connectivity index (χ0n) is 8.73. The zero-order chi connectivity index (χ0) is 11.0. The first-order chi connectivity index (χ1) is 7.83. The van der Waals surface area contributed by atoms with E-state index < -0.39 is 0 Å². The summed E-state index contributed by atoms with van der Waals surface area (Å²) in [5.74, 6) is 0.935. The average Bonchev–Trinajstić information content (AvgIpc) is 2.97. The van der Waals surface area contributed by atoms with Crippen molar-refractivity contribution in [3.8, 4) is 5.69 Å². The van der Waals surface area contributed by atoms with E-state index >= 15 is 0 Å². The van der Waals surface area contributed by atoms with Gasteiger partial charge in [0.15, 0.2) is 0 Å². The molecule has 16 heavy (non-hydrogen) atoms. The number of anilines is 1. The maximum atomic E-state index is 4.34. The minimum Gasteiger partial charge on any atom is -0.353 e. The second-order valence-electron chi connectivity index (χ2n) is 4.02. The van der Waals surface area contributed by atoms with Crippen molar-refractivity contribution < 1.29 is 0 Å². The number of hydrogen-bond acceptors (Lipinski definition) is 2. The molecule has 0 amide bonds. The first-order valence-corrected chi connectivity index (χ1v) is 6.18. The Morgan fingerprint density at radius 1 is 1.25 bits per heavy atom. The van der Waals surface area contributed by atoms with Gasteiger partial charge in [0.25, 0.3) is 0 Å². The standard InChI is InChI=1S/C12H12BrN3/c13-9-1-5-11(6-2-9)16-8-7-14-12(16)15-10-3-4-10/h1-2,5-8,10H,3-4H2,(H,14,15). The van der Waals surface area contributed by atoms with Crippen LogP contribution in [0.5, 0.6) is 0 Å². The van der Waals surface area contributed by atoms with Gasteiger partial charge in [-0.2, -0.15) is 0 Å². The van der Waals surface area contributed by atoms with E-state index in [1.807, 2.05) is 24.5 Å². The van der Waals surface area contributed by atoms with E-state index in [9.17, 15) is 0 Å². The highest BCUT2D eigenvalue weighted by atomic mass is 79.9. The number of nitrogens with zero attached hydrogens (tertiary/aromatic N) is 2. The van der Waals surface area contributed by atoms with Gasteiger partial charge < -0.3 is 5.32 Å². The molecule has 0 radical (unpaired) electrons. The molecule has 1 aromatic heterocycles. The summed E-state index contributed by atoms with van der Waals surface area (Å²) in [4.78, 5) is 4.34. The second-order valence-corrected chi connectivity index (χ2v) is 4.93. The quantitative estimate of drug-likeness (QED) is 0.934. The molecule has 82 valence electrons. The number of hydrogen-bond donors (Lipinski definition) is 1. The molecule has 0 atom stereocenters. The lowest BCUT2D eigenvalue weighted by Crippen LogP contribution is -2.07. The first-order valence-electron chi connectivity index (χ1n) is 5.39. The molecule has 1 heterocycles.